The third kappa shape index (κ3) is 4.53. The molecular weight excluding hydrogens is 345 g/mol. The number of aryl methyl sites for hydroxylation is 2. The van der Waals surface area contributed by atoms with Crippen LogP contribution in [0.1, 0.15) is 29.9 Å². The minimum atomic E-state index is -0.698. The van der Waals surface area contributed by atoms with Crippen LogP contribution in [0.4, 0.5) is 4.39 Å². The molecule has 1 amide bonds. The number of carbonyl (C=O) groups excluding carboxylic acids is 1. The van der Waals surface area contributed by atoms with Crippen molar-refractivity contribution in [3.8, 4) is 5.75 Å². The average molecular weight is 367 g/mol. The van der Waals surface area contributed by atoms with Gasteiger partial charge in [0.2, 0.25) is 0 Å². The van der Waals surface area contributed by atoms with Crippen molar-refractivity contribution < 1.29 is 13.9 Å². The largest absolute Gasteiger partial charge is 0.481 e. The molecule has 0 aliphatic carbocycles. The van der Waals surface area contributed by atoms with Gasteiger partial charge in [0.25, 0.3) is 5.91 Å². The highest BCUT2D eigenvalue weighted by Gasteiger charge is 2.24. The Kier molecular flexibility index (Phi) is 5.54. The third-order valence-corrected chi connectivity index (χ3v) is 4.31. The lowest BCUT2D eigenvalue weighted by molar-refractivity contribution is -0.127. The number of nitrogens with zero attached hydrogens (tertiary/aromatic N) is 2. The molecule has 27 heavy (non-hydrogen) atoms. The molecule has 140 valence electrons. The Morgan fingerprint density at radius 1 is 1.15 bits per heavy atom. The maximum Gasteiger partial charge on any atom is 0.261 e. The zero-order valence-corrected chi connectivity index (χ0v) is 15.5. The van der Waals surface area contributed by atoms with E-state index < -0.39 is 12.1 Å². The van der Waals surface area contributed by atoms with Crippen LogP contribution in [0.5, 0.6) is 5.75 Å². The quantitative estimate of drug-likeness (QED) is 0.725. The number of imidazole rings is 1. The Morgan fingerprint density at radius 2 is 1.81 bits per heavy atom. The number of aromatic nitrogens is 2. The first-order chi connectivity index (χ1) is 12.9. The normalized spacial score (nSPS) is 13.0. The summed E-state index contributed by atoms with van der Waals surface area (Å²) in [7, 11) is 1.84. The molecule has 0 unspecified atom stereocenters. The minimum absolute atomic E-state index is 0.284. The molecule has 6 heteroatoms. The molecule has 3 aromatic rings. The van der Waals surface area contributed by atoms with Gasteiger partial charge in [0, 0.05) is 19.4 Å². The van der Waals surface area contributed by atoms with Gasteiger partial charge in [-0.05, 0) is 43.7 Å². The molecule has 2 atom stereocenters. The van der Waals surface area contributed by atoms with Crippen molar-refractivity contribution in [3.05, 3.63) is 83.7 Å². The number of carbonyl (C=O) groups is 1. The molecule has 0 saturated carbocycles. The van der Waals surface area contributed by atoms with E-state index in [1.165, 1.54) is 12.1 Å². The molecule has 1 N–H and O–H groups in total. The van der Waals surface area contributed by atoms with E-state index >= 15 is 0 Å². The van der Waals surface area contributed by atoms with Crippen molar-refractivity contribution in [1.29, 1.82) is 0 Å². The Bertz CT molecular complexity index is 904. The molecule has 0 radical (unpaired) electrons. The van der Waals surface area contributed by atoms with Crippen LogP contribution in [-0.4, -0.2) is 21.6 Å². The number of ether oxygens (including phenoxy) is 1. The van der Waals surface area contributed by atoms with Gasteiger partial charge in [-0.1, -0.05) is 29.8 Å². The summed E-state index contributed by atoms with van der Waals surface area (Å²) in [6.45, 7) is 3.68. The first kappa shape index (κ1) is 18.6. The maximum absolute atomic E-state index is 13.3. The van der Waals surface area contributed by atoms with E-state index in [2.05, 4.69) is 10.3 Å². The molecule has 1 heterocycles. The fourth-order valence-corrected chi connectivity index (χ4v) is 2.74. The zero-order chi connectivity index (χ0) is 19.4. The molecular formula is C21H22FN3O2. The van der Waals surface area contributed by atoms with Gasteiger partial charge < -0.3 is 14.6 Å². The summed E-state index contributed by atoms with van der Waals surface area (Å²) in [4.78, 5) is 17.1. The summed E-state index contributed by atoms with van der Waals surface area (Å²) in [5, 5.41) is 2.96. The van der Waals surface area contributed by atoms with E-state index in [1.54, 1.807) is 31.5 Å². The third-order valence-electron chi connectivity index (χ3n) is 4.31. The van der Waals surface area contributed by atoms with Gasteiger partial charge in [0.1, 0.15) is 23.4 Å². The minimum Gasteiger partial charge on any atom is -0.481 e. The number of hydrogen-bond acceptors (Lipinski definition) is 3. The topological polar surface area (TPSA) is 56.1 Å². The van der Waals surface area contributed by atoms with Crippen molar-refractivity contribution >= 4 is 5.91 Å². The predicted octanol–water partition coefficient (Wildman–Crippen LogP) is 3.54. The number of halogens is 1. The van der Waals surface area contributed by atoms with Crippen molar-refractivity contribution in [3.63, 3.8) is 0 Å². The number of rotatable bonds is 6. The molecule has 2 aromatic carbocycles. The van der Waals surface area contributed by atoms with Crippen molar-refractivity contribution in [2.24, 2.45) is 7.05 Å². The highest BCUT2D eigenvalue weighted by atomic mass is 19.1. The van der Waals surface area contributed by atoms with Crippen molar-refractivity contribution in [2.75, 3.05) is 0 Å². The summed E-state index contributed by atoms with van der Waals surface area (Å²) < 4.78 is 20.9. The second kappa shape index (κ2) is 8.03. The van der Waals surface area contributed by atoms with Crippen LogP contribution in [0.2, 0.25) is 0 Å². The van der Waals surface area contributed by atoms with Gasteiger partial charge in [-0.15, -0.1) is 0 Å². The van der Waals surface area contributed by atoms with Gasteiger partial charge in [0.05, 0.1) is 0 Å². The van der Waals surface area contributed by atoms with E-state index in [4.69, 9.17) is 4.74 Å². The maximum atomic E-state index is 13.3. The van der Waals surface area contributed by atoms with Crippen LogP contribution >= 0.6 is 0 Å². The lowest BCUT2D eigenvalue weighted by Gasteiger charge is -2.22. The van der Waals surface area contributed by atoms with E-state index in [1.807, 2.05) is 42.8 Å². The van der Waals surface area contributed by atoms with Crippen LogP contribution in [0.25, 0.3) is 0 Å². The smallest absolute Gasteiger partial charge is 0.261 e. The standard InChI is InChI=1S/C21H22FN3O2/c1-14-4-10-18(11-5-14)27-15(2)21(26)24-19(20-23-12-13-25(20)3)16-6-8-17(22)9-7-16/h4-13,15,19H,1-3H3,(H,24,26)/t15-,19-/m1/s1. The molecule has 1 aromatic heterocycles. The van der Waals surface area contributed by atoms with E-state index in [-0.39, 0.29) is 11.7 Å². The predicted molar refractivity (Wildman–Crippen MR) is 101 cm³/mol. The second-order valence-corrected chi connectivity index (χ2v) is 6.46. The Hall–Kier alpha value is -3.15. The molecule has 3 rings (SSSR count). The molecule has 0 fully saturated rings. The lowest BCUT2D eigenvalue weighted by atomic mass is 10.1. The Labute approximate surface area is 157 Å². The Balaban J connectivity index is 1.78. The summed E-state index contributed by atoms with van der Waals surface area (Å²) in [5.41, 5.74) is 1.85. The summed E-state index contributed by atoms with van der Waals surface area (Å²) in [5.74, 6) is 0.656. The van der Waals surface area contributed by atoms with Crippen molar-refractivity contribution in [1.82, 2.24) is 14.9 Å². The van der Waals surface area contributed by atoms with Crippen LogP contribution in [0.15, 0.2) is 60.9 Å². The highest BCUT2D eigenvalue weighted by molar-refractivity contribution is 5.81. The summed E-state index contributed by atoms with van der Waals surface area (Å²) in [6.07, 6.45) is 2.75. The number of nitrogens with one attached hydrogen (secondary N) is 1. The van der Waals surface area contributed by atoms with E-state index in [0.717, 1.165) is 11.1 Å². The number of benzene rings is 2. The van der Waals surface area contributed by atoms with Crippen molar-refractivity contribution in [2.45, 2.75) is 26.0 Å². The monoisotopic (exact) mass is 367 g/mol. The zero-order valence-electron chi connectivity index (χ0n) is 15.5. The fraction of sp³-hybridized carbons (Fsp3) is 0.238. The first-order valence-corrected chi connectivity index (χ1v) is 8.70. The van der Waals surface area contributed by atoms with Gasteiger partial charge in [-0.3, -0.25) is 4.79 Å². The Morgan fingerprint density at radius 3 is 2.41 bits per heavy atom. The van der Waals surface area contributed by atoms with E-state index in [9.17, 15) is 9.18 Å². The lowest BCUT2D eigenvalue weighted by Crippen LogP contribution is -2.39. The van der Waals surface area contributed by atoms with Gasteiger partial charge in [-0.25, -0.2) is 9.37 Å². The second-order valence-electron chi connectivity index (χ2n) is 6.46. The summed E-state index contributed by atoms with van der Waals surface area (Å²) in [6, 6.07) is 13.0. The SMILES string of the molecule is Cc1ccc(O[C@H](C)C(=O)N[C@H](c2ccc(F)cc2)c2nccn2C)cc1. The molecule has 0 spiro atoms. The molecule has 0 aliphatic rings. The summed E-state index contributed by atoms with van der Waals surface area (Å²) >= 11 is 0. The van der Waals surface area contributed by atoms with Crippen LogP contribution in [0, 0.1) is 12.7 Å². The van der Waals surface area contributed by atoms with Crippen LogP contribution in [-0.2, 0) is 11.8 Å². The van der Waals surface area contributed by atoms with Gasteiger partial charge in [-0.2, -0.15) is 0 Å². The van der Waals surface area contributed by atoms with Crippen LogP contribution < -0.4 is 10.1 Å². The van der Waals surface area contributed by atoms with E-state index in [0.29, 0.717) is 11.6 Å². The molecule has 0 saturated heterocycles. The first-order valence-electron chi connectivity index (χ1n) is 8.70. The van der Waals surface area contributed by atoms with Gasteiger partial charge in [0.15, 0.2) is 6.10 Å². The van der Waals surface area contributed by atoms with Gasteiger partial charge >= 0.3 is 0 Å². The molecule has 0 bridgehead atoms. The molecule has 5 nitrogen and oxygen atoms in total. The number of hydrogen-bond donors (Lipinski definition) is 1. The molecule has 0 aliphatic heterocycles. The highest BCUT2D eigenvalue weighted by Crippen LogP contribution is 2.21. The number of amides is 1. The fourth-order valence-electron chi connectivity index (χ4n) is 2.74. The van der Waals surface area contributed by atoms with Crippen LogP contribution in [0.3, 0.4) is 0 Å². The average Bonchev–Trinajstić information content (AvgIpc) is 3.08.